The van der Waals surface area contributed by atoms with Crippen LogP contribution in [0, 0.1) is 25.2 Å². The minimum absolute atomic E-state index is 0.0849. The summed E-state index contributed by atoms with van der Waals surface area (Å²) in [5.74, 6) is 1.18. The fourth-order valence-electron chi connectivity index (χ4n) is 2.07. The highest BCUT2D eigenvalue weighted by atomic mass is 16.5. The first-order chi connectivity index (χ1) is 9.55. The molecule has 0 bridgehead atoms. The van der Waals surface area contributed by atoms with Crippen LogP contribution in [0.4, 0.5) is 0 Å². The number of hydrogen-bond acceptors (Lipinski definition) is 4. The molecule has 0 fully saturated rings. The highest BCUT2D eigenvalue weighted by Gasteiger charge is 2.07. The molecule has 0 unspecified atom stereocenters. The number of ether oxygens (including phenoxy) is 1. The molecule has 5 heteroatoms. The lowest BCUT2D eigenvalue weighted by Crippen LogP contribution is -2.24. The molecule has 0 saturated carbocycles. The lowest BCUT2D eigenvalue weighted by molar-refractivity contribution is 0.412. The first-order valence-corrected chi connectivity index (χ1v) is 6.17. The van der Waals surface area contributed by atoms with Crippen LogP contribution in [0.5, 0.6) is 5.75 Å². The summed E-state index contributed by atoms with van der Waals surface area (Å²) < 4.78 is 6.76. The van der Waals surface area contributed by atoms with Gasteiger partial charge in [0.2, 0.25) is 0 Å². The topological polar surface area (TPSA) is 67.9 Å². The number of aromatic nitrogens is 2. The fraction of sp³-hybridized carbons (Fsp3) is 0.267. The van der Waals surface area contributed by atoms with Crippen molar-refractivity contribution in [2.75, 3.05) is 7.11 Å². The van der Waals surface area contributed by atoms with Crippen LogP contribution >= 0.6 is 0 Å². The average Bonchev–Trinajstić information content (AvgIpc) is 2.42. The fourth-order valence-corrected chi connectivity index (χ4v) is 2.07. The molecule has 1 aromatic carbocycles. The number of nitriles is 1. The standard InChI is InChI=1S/C15H15N3O2/c1-10-6-15(19)18(11(2)17-10)9-12-4-5-13(8-16)14(7-12)20-3/h4-7H,9H2,1-3H3. The predicted octanol–water partition coefficient (Wildman–Crippen LogP) is 1.79. The van der Waals surface area contributed by atoms with Gasteiger partial charge in [0.05, 0.1) is 19.2 Å². The van der Waals surface area contributed by atoms with E-state index >= 15 is 0 Å². The molecule has 0 aliphatic heterocycles. The Morgan fingerprint density at radius 3 is 2.70 bits per heavy atom. The quantitative estimate of drug-likeness (QED) is 0.852. The average molecular weight is 269 g/mol. The normalized spacial score (nSPS) is 10.1. The summed E-state index contributed by atoms with van der Waals surface area (Å²) in [4.78, 5) is 16.3. The van der Waals surface area contributed by atoms with Crippen molar-refractivity contribution in [2.24, 2.45) is 0 Å². The number of hydrogen-bond donors (Lipinski definition) is 0. The first kappa shape index (κ1) is 13.8. The Labute approximate surface area is 117 Å². The van der Waals surface area contributed by atoms with Crippen molar-refractivity contribution in [3.8, 4) is 11.8 Å². The molecule has 2 rings (SSSR count). The van der Waals surface area contributed by atoms with Gasteiger partial charge in [-0.1, -0.05) is 6.07 Å². The number of nitrogens with zero attached hydrogens (tertiary/aromatic N) is 3. The van der Waals surface area contributed by atoms with E-state index in [4.69, 9.17) is 10.00 Å². The van der Waals surface area contributed by atoms with Gasteiger partial charge in [-0.05, 0) is 31.5 Å². The molecule has 0 atom stereocenters. The highest BCUT2D eigenvalue weighted by molar-refractivity contribution is 5.45. The summed E-state index contributed by atoms with van der Waals surface area (Å²) in [7, 11) is 1.52. The van der Waals surface area contributed by atoms with E-state index in [1.807, 2.05) is 6.07 Å². The number of benzene rings is 1. The zero-order valence-corrected chi connectivity index (χ0v) is 11.7. The van der Waals surface area contributed by atoms with E-state index in [0.717, 1.165) is 5.56 Å². The maximum atomic E-state index is 12.0. The molecule has 20 heavy (non-hydrogen) atoms. The van der Waals surface area contributed by atoms with Gasteiger partial charge in [0.1, 0.15) is 17.6 Å². The Hall–Kier alpha value is -2.61. The van der Waals surface area contributed by atoms with Crippen LogP contribution in [0.25, 0.3) is 0 Å². The Bertz CT molecular complexity index is 742. The van der Waals surface area contributed by atoms with Crippen LogP contribution in [0.2, 0.25) is 0 Å². The Kier molecular flexibility index (Phi) is 3.85. The molecule has 2 aromatic rings. The maximum Gasteiger partial charge on any atom is 0.254 e. The first-order valence-electron chi connectivity index (χ1n) is 6.17. The molecule has 1 aromatic heterocycles. The van der Waals surface area contributed by atoms with Crippen LogP contribution in [0.15, 0.2) is 29.1 Å². The molecule has 0 saturated heterocycles. The van der Waals surface area contributed by atoms with Gasteiger partial charge >= 0.3 is 0 Å². The second kappa shape index (κ2) is 5.57. The minimum atomic E-state index is -0.0849. The Morgan fingerprint density at radius 2 is 2.10 bits per heavy atom. The summed E-state index contributed by atoms with van der Waals surface area (Å²) in [6.07, 6.45) is 0. The van der Waals surface area contributed by atoms with Gasteiger partial charge in [0.15, 0.2) is 0 Å². The van der Waals surface area contributed by atoms with Gasteiger partial charge in [-0.15, -0.1) is 0 Å². The zero-order chi connectivity index (χ0) is 14.7. The summed E-state index contributed by atoms with van der Waals surface area (Å²) in [6, 6.07) is 8.84. The van der Waals surface area contributed by atoms with E-state index in [2.05, 4.69) is 11.1 Å². The van der Waals surface area contributed by atoms with Gasteiger partial charge in [-0.2, -0.15) is 5.26 Å². The van der Waals surface area contributed by atoms with E-state index in [1.165, 1.54) is 13.2 Å². The maximum absolute atomic E-state index is 12.0. The highest BCUT2D eigenvalue weighted by Crippen LogP contribution is 2.19. The monoisotopic (exact) mass is 269 g/mol. The van der Waals surface area contributed by atoms with E-state index in [1.54, 1.807) is 30.5 Å². The number of aryl methyl sites for hydroxylation is 2. The smallest absolute Gasteiger partial charge is 0.254 e. The third-order valence-electron chi connectivity index (χ3n) is 3.05. The van der Waals surface area contributed by atoms with Crippen molar-refractivity contribution < 1.29 is 4.74 Å². The van der Waals surface area contributed by atoms with Crippen molar-refractivity contribution in [3.63, 3.8) is 0 Å². The second-order valence-electron chi connectivity index (χ2n) is 4.52. The third-order valence-corrected chi connectivity index (χ3v) is 3.05. The van der Waals surface area contributed by atoms with Crippen molar-refractivity contribution in [3.05, 3.63) is 57.3 Å². The van der Waals surface area contributed by atoms with Gasteiger partial charge < -0.3 is 4.74 Å². The molecule has 5 nitrogen and oxygen atoms in total. The minimum Gasteiger partial charge on any atom is -0.495 e. The molecule has 0 radical (unpaired) electrons. The molecule has 0 spiro atoms. The summed E-state index contributed by atoms with van der Waals surface area (Å²) in [5, 5.41) is 8.95. The van der Waals surface area contributed by atoms with E-state index in [9.17, 15) is 4.79 Å². The molecular formula is C15H15N3O2. The molecule has 0 aliphatic rings. The van der Waals surface area contributed by atoms with Crippen molar-refractivity contribution in [2.45, 2.75) is 20.4 Å². The molecule has 102 valence electrons. The number of rotatable bonds is 3. The molecule has 0 N–H and O–H groups in total. The Morgan fingerprint density at radius 1 is 1.35 bits per heavy atom. The summed E-state index contributed by atoms with van der Waals surface area (Å²) >= 11 is 0. The van der Waals surface area contributed by atoms with Gasteiger partial charge in [-0.25, -0.2) is 4.98 Å². The zero-order valence-electron chi connectivity index (χ0n) is 11.7. The third kappa shape index (κ3) is 2.69. The van der Waals surface area contributed by atoms with E-state index < -0.39 is 0 Å². The molecule has 0 aliphatic carbocycles. The van der Waals surface area contributed by atoms with Crippen molar-refractivity contribution in [1.29, 1.82) is 5.26 Å². The second-order valence-corrected chi connectivity index (χ2v) is 4.52. The van der Waals surface area contributed by atoms with Crippen molar-refractivity contribution in [1.82, 2.24) is 9.55 Å². The van der Waals surface area contributed by atoms with E-state index in [0.29, 0.717) is 29.4 Å². The van der Waals surface area contributed by atoms with Crippen LogP contribution in [0.1, 0.15) is 22.6 Å². The lowest BCUT2D eigenvalue weighted by atomic mass is 10.1. The van der Waals surface area contributed by atoms with Gasteiger partial charge in [0, 0.05) is 11.8 Å². The number of methoxy groups -OCH3 is 1. The lowest BCUT2D eigenvalue weighted by Gasteiger charge is -2.11. The molecular weight excluding hydrogens is 254 g/mol. The SMILES string of the molecule is COc1cc(Cn2c(C)nc(C)cc2=O)ccc1C#N. The molecule has 0 amide bonds. The van der Waals surface area contributed by atoms with Gasteiger partial charge in [0.25, 0.3) is 5.56 Å². The van der Waals surface area contributed by atoms with E-state index in [-0.39, 0.29) is 5.56 Å². The largest absolute Gasteiger partial charge is 0.495 e. The summed E-state index contributed by atoms with van der Waals surface area (Å²) in [5.41, 5.74) is 1.98. The van der Waals surface area contributed by atoms with Crippen LogP contribution in [-0.2, 0) is 6.54 Å². The van der Waals surface area contributed by atoms with Crippen LogP contribution in [-0.4, -0.2) is 16.7 Å². The predicted molar refractivity (Wildman–Crippen MR) is 74.8 cm³/mol. The Balaban J connectivity index is 2.41. The van der Waals surface area contributed by atoms with Crippen LogP contribution < -0.4 is 10.3 Å². The summed E-state index contributed by atoms with van der Waals surface area (Å²) in [6.45, 7) is 4.00. The van der Waals surface area contributed by atoms with Gasteiger partial charge in [-0.3, -0.25) is 9.36 Å². The van der Waals surface area contributed by atoms with Crippen molar-refractivity contribution >= 4 is 0 Å². The molecule has 1 heterocycles. The van der Waals surface area contributed by atoms with Crippen LogP contribution in [0.3, 0.4) is 0 Å².